The van der Waals surface area contributed by atoms with E-state index in [0.717, 1.165) is 5.56 Å². The lowest BCUT2D eigenvalue weighted by Crippen LogP contribution is -2.50. The molecule has 0 saturated carbocycles. The Morgan fingerprint density at radius 2 is 1.80 bits per heavy atom. The van der Waals surface area contributed by atoms with Gasteiger partial charge in [0.1, 0.15) is 6.61 Å². The summed E-state index contributed by atoms with van der Waals surface area (Å²) >= 11 is 0. The number of piperidine rings is 1. The molecule has 0 aromatic heterocycles. The minimum atomic E-state index is -1.73. The van der Waals surface area contributed by atoms with Crippen LogP contribution in [0.3, 0.4) is 0 Å². The molecule has 1 aliphatic heterocycles. The van der Waals surface area contributed by atoms with Crippen molar-refractivity contribution < 1.29 is 24.5 Å². The smallest absolute Gasteiger partial charge is 0.410 e. The van der Waals surface area contributed by atoms with Gasteiger partial charge in [-0.2, -0.15) is 0 Å². The molecule has 0 bridgehead atoms. The Balaban J connectivity index is 1.82. The molecule has 0 aliphatic carbocycles. The number of likely N-dealkylation sites (tertiary alicyclic amines) is 1. The Hall–Kier alpha value is -2.08. The molecule has 6 nitrogen and oxygen atoms in total. The second kappa shape index (κ2) is 5.92. The van der Waals surface area contributed by atoms with Gasteiger partial charge in [0.25, 0.3) is 0 Å². The van der Waals surface area contributed by atoms with Crippen LogP contribution in [0.25, 0.3) is 0 Å². The minimum Gasteiger partial charge on any atom is -0.479 e. The third kappa shape index (κ3) is 3.27. The summed E-state index contributed by atoms with van der Waals surface area (Å²) in [6.45, 7) is 0.534. The Morgan fingerprint density at radius 1 is 1.20 bits per heavy atom. The van der Waals surface area contributed by atoms with Crippen LogP contribution in [0.2, 0.25) is 0 Å². The summed E-state index contributed by atoms with van der Waals surface area (Å²) in [6.07, 6.45) is -0.452. The van der Waals surface area contributed by atoms with Gasteiger partial charge in [0, 0.05) is 25.9 Å². The fourth-order valence-corrected chi connectivity index (χ4v) is 2.08. The number of amides is 1. The first kappa shape index (κ1) is 14.3. The Morgan fingerprint density at radius 3 is 2.35 bits per heavy atom. The average Bonchev–Trinajstić information content (AvgIpc) is 2.46. The molecule has 1 aromatic rings. The van der Waals surface area contributed by atoms with Gasteiger partial charge in [0.05, 0.1) is 0 Å². The number of carboxylic acid groups (broad SMARTS) is 1. The molecule has 1 aromatic carbocycles. The van der Waals surface area contributed by atoms with E-state index >= 15 is 0 Å². The Kier molecular flexibility index (Phi) is 4.24. The van der Waals surface area contributed by atoms with Crippen LogP contribution in [0.4, 0.5) is 4.79 Å². The van der Waals surface area contributed by atoms with Crippen molar-refractivity contribution in [3.63, 3.8) is 0 Å². The molecule has 2 N–H and O–H groups in total. The summed E-state index contributed by atoms with van der Waals surface area (Å²) in [5, 5.41) is 18.7. The quantitative estimate of drug-likeness (QED) is 0.869. The highest BCUT2D eigenvalue weighted by Gasteiger charge is 2.40. The number of benzene rings is 1. The van der Waals surface area contributed by atoms with Crippen molar-refractivity contribution >= 4 is 12.1 Å². The third-order valence-electron chi connectivity index (χ3n) is 3.45. The summed E-state index contributed by atoms with van der Waals surface area (Å²) in [5.41, 5.74) is -0.837. The average molecular weight is 279 g/mol. The van der Waals surface area contributed by atoms with Crippen LogP contribution >= 0.6 is 0 Å². The summed E-state index contributed by atoms with van der Waals surface area (Å²) in [6, 6.07) is 9.30. The van der Waals surface area contributed by atoms with Crippen LogP contribution in [0.15, 0.2) is 30.3 Å². The highest BCUT2D eigenvalue weighted by molar-refractivity contribution is 5.78. The Bertz CT molecular complexity index is 480. The molecule has 0 radical (unpaired) electrons. The van der Waals surface area contributed by atoms with Crippen LogP contribution in [-0.4, -0.2) is 45.9 Å². The highest BCUT2D eigenvalue weighted by atomic mass is 16.6. The molecule has 6 heteroatoms. The molecule has 0 unspecified atom stereocenters. The first-order valence-electron chi connectivity index (χ1n) is 6.43. The molecule has 1 amide bonds. The number of carbonyl (C=O) groups excluding carboxylic acids is 1. The maximum atomic E-state index is 11.8. The second-order valence-corrected chi connectivity index (χ2v) is 4.86. The standard InChI is InChI=1S/C14H17NO5/c16-12(17)14(19)6-8-15(9-7-14)13(18)20-10-11-4-2-1-3-5-11/h1-5,19H,6-10H2,(H,16,17). The maximum Gasteiger partial charge on any atom is 0.410 e. The number of carboxylic acids is 1. The molecule has 20 heavy (non-hydrogen) atoms. The zero-order valence-electron chi connectivity index (χ0n) is 11.0. The normalized spacial score (nSPS) is 17.6. The van der Waals surface area contributed by atoms with Crippen LogP contribution in [-0.2, 0) is 16.1 Å². The van der Waals surface area contributed by atoms with Crippen LogP contribution in [0, 0.1) is 0 Å². The van der Waals surface area contributed by atoms with Gasteiger partial charge in [-0.1, -0.05) is 30.3 Å². The molecule has 1 saturated heterocycles. The summed E-state index contributed by atoms with van der Waals surface area (Å²) in [5.74, 6) is -1.24. The topological polar surface area (TPSA) is 87.1 Å². The van der Waals surface area contributed by atoms with E-state index in [9.17, 15) is 14.7 Å². The Labute approximate surface area is 116 Å². The lowest BCUT2D eigenvalue weighted by Gasteiger charge is -2.34. The molecule has 2 rings (SSSR count). The molecular formula is C14H17NO5. The van der Waals surface area contributed by atoms with Gasteiger partial charge in [-0.25, -0.2) is 9.59 Å². The fourth-order valence-electron chi connectivity index (χ4n) is 2.08. The van der Waals surface area contributed by atoms with E-state index in [4.69, 9.17) is 9.84 Å². The van der Waals surface area contributed by atoms with Gasteiger partial charge >= 0.3 is 12.1 Å². The third-order valence-corrected chi connectivity index (χ3v) is 3.45. The predicted molar refractivity (Wildman–Crippen MR) is 70.0 cm³/mol. The molecule has 108 valence electrons. The van der Waals surface area contributed by atoms with Gasteiger partial charge in [-0.15, -0.1) is 0 Å². The zero-order chi connectivity index (χ0) is 14.6. The van der Waals surface area contributed by atoms with Crippen molar-refractivity contribution in [1.29, 1.82) is 0 Å². The molecule has 1 heterocycles. The number of hydrogen-bond acceptors (Lipinski definition) is 4. The molecule has 1 fully saturated rings. The van der Waals surface area contributed by atoms with Gasteiger partial charge in [-0.3, -0.25) is 0 Å². The molecule has 0 atom stereocenters. The SMILES string of the molecule is O=C(OCc1ccccc1)N1CCC(O)(C(=O)O)CC1. The van der Waals surface area contributed by atoms with Crippen molar-refractivity contribution in [2.45, 2.75) is 25.0 Å². The lowest BCUT2D eigenvalue weighted by molar-refractivity contribution is -0.163. The van der Waals surface area contributed by atoms with Crippen LogP contribution in [0.5, 0.6) is 0 Å². The number of carbonyl (C=O) groups is 2. The van der Waals surface area contributed by atoms with E-state index in [1.165, 1.54) is 4.90 Å². The van der Waals surface area contributed by atoms with Gasteiger partial charge in [-0.05, 0) is 5.56 Å². The number of aliphatic hydroxyl groups is 1. The second-order valence-electron chi connectivity index (χ2n) is 4.86. The van der Waals surface area contributed by atoms with E-state index in [-0.39, 0.29) is 32.5 Å². The number of aliphatic carboxylic acids is 1. The van der Waals surface area contributed by atoms with E-state index in [1.54, 1.807) is 0 Å². The van der Waals surface area contributed by atoms with E-state index in [2.05, 4.69) is 0 Å². The summed E-state index contributed by atoms with van der Waals surface area (Å²) in [7, 11) is 0. The molecule has 1 aliphatic rings. The van der Waals surface area contributed by atoms with Gasteiger partial charge in [0.15, 0.2) is 5.60 Å². The van der Waals surface area contributed by atoms with E-state index < -0.39 is 17.7 Å². The van der Waals surface area contributed by atoms with E-state index in [0.29, 0.717) is 0 Å². The lowest BCUT2D eigenvalue weighted by atomic mass is 9.92. The first-order chi connectivity index (χ1) is 9.51. The molecular weight excluding hydrogens is 262 g/mol. The van der Waals surface area contributed by atoms with Crippen molar-refractivity contribution in [2.24, 2.45) is 0 Å². The number of nitrogens with zero attached hydrogens (tertiary/aromatic N) is 1. The van der Waals surface area contributed by atoms with Crippen molar-refractivity contribution in [3.8, 4) is 0 Å². The summed E-state index contributed by atoms with van der Waals surface area (Å²) in [4.78, 5) is 24.1. The van der Waals surface area contributed by atoms with Crippen LogP contribution < -0.4 is 0 Å². The number of ether oxygens (including phenoxy) is 1. The maximum absolute atomic E-state index is 11.8. The van der Waals surface area contributed by atoms with E-state index in [1.807, 2.05) is 30.3 Å². The number of hydrogen-bond donors (Lipinski definition) is 2. The highest BCUT2D eigenvalue weighted by Crippen LogP contribution is 2.22. The monoisotopic (exact) mass is 279 g/mol. The number of rotatable bonds is 3. The van der Waals surface area contributed by atoms with Crippen molar-refractivity contribution in [1.82, 2.24) is 4.90 Å². The first-order valence-corrected chi connectivity index (χ1v) is 6.43. The molecule has 0 spiro atoms. The minimum absolute atomic E-state index is 0.0166. The van der Waals surface area contributed by atoms with Crippen molar-refractivity contribution in [2.75, 3.05) is 13.1 Å². The predicted octanol–water partition coefficient (Wildman–Crippen LogP) is 1.23. The fraction of sp³-hybridized carbons (Fsp3) is 0.429. The van der Waals surface area contributed by atoms with Crippen molar-refractivity contribution in [3.05, 3.63) is 35.9 Å². The van der Waals surface area contributed by atoms with Crippen LogP contribution in [0.1, 0.15) is 18.4 Å². The largest absolute Gasteiger partial charge is 0.479 e. The van der Waals surface area contributed by atoms with Gasteiger partial charge < -0.3 is 19.8 Å². The van der Waals surface area contributed by atoms with Gasteiger partial charge in [0.2, 0.25) is 0 Å². The zero-order valence-corrected chi connectivity index (χ0v) is 11.0. The summed E-state index contributed by atoms with van der Waals surface area (Å²) < 4.78 is 5.15.